The molecule has 4 heteroatoms. The largest absolute Gasteiger partial charge is 0.397 e. The van der Waals surface area contributed by atoms with Gasteiger partial charge in [-0.25, -0.2) is 4.39 Å². The highest BCUT2D eigenvalue weighted by Crippen LogP contribution is 2.26. The topological polar surface area (TPSA) is 61.8 Å². The lowest BCUT2D eigenvalue weighted by Gasteiger charge is -2.11. The van der Waals surface area contributed by atoms with Crippen LogP contribution < -0.4 is 11.1 Å². The molecule has 3 nitrogen and oxygen atoms in total. The fraction of sp³-hybridized carbons (Fsp3) is 0.133. The number of anilines is 3. The molecule has 0 saturated heterocycles. The summed E-state index contributed by atoms with van der Waals surface area (Å²) < 4.78 is 13.3. The summed E-state index contributed by atoms with van der Waals surface area (Å²) in [5.74, 6) is -0.313. The molecule has 2 aromatic rings. The molecular weight excluding hydrogens is 241 g/mol. The number of nitrogens with zero attached hydrogens (tertiary/aromatic N) is 1. The van der Waals surface area contributed by atoms with Crippen LogP contribution in [0.25, 0.3) is 0 Å². The first-order chi connectivity index (χ1) is 9.10. The van der Waals surface area contributed by atoms with E-state index in [9.17, 15) is 4.39 Å². The zero-order chi connectivity index (χ0) is 13.8. The molecule has 0 unspecified atom stereocenters. The summed E-state index contributed by atoms with van der Waals surface area (Å²) in [6.45, 7) is 1.69. The predicted molar refractivity (Wildman–Crippen MR) is 74.6 cm³/mol. The summed E-state index contributed by atoms with van der Waals surface area (Å²) in [6.07, 6.45) is 0.387. The summed E-state index contributed by atoms with van der Waals surface area (Å²) in [7, 11) is 0. The molecule has 0 aliphatic rings. The van der Waals surface area contributed by atoms with Gasteiger partial charge in [-0.05, 0) is 42.3 Å². The quantitative estimate of drug-likeness (QED) is 0.825. The van der Waals surface area contributed by atoms with E-state index in [0.29, 0.717) is 23.4 Å². The van der Waals surface area contributed by atoms with E-state index in [4.69, 9.17) is 11.0 Å². The van der Waals surface area contributed by atoms with Crippen LogP contribution >= 0.6 is 0 Å². The average Bonchev–Trinajstić information content (AvgIpc) is 2.38. The third-order valence-electron chi connectivity index (χ3n) is 2.85. The number of benzene rings is 2. The third-order valence-corrected chi connectivity index (χ3v) is 2.85. The van der Waals surface area contributed by atoms with Gasteiger partial charge >= 0.3 is 0 Å². The van der Waals surface area contributed by atoms with Gasteiger partial charge < -0.3 is 11.1 Å². The summed E-state index contributed by atoms with van der Waals surface area (Å²) in [5.41, 5.74) is 9.15. The number of aryl methyl sites for hydroxylation is 1. The van der Waals surface area contributed by atoms with Gasteiger partial charge in [0.2, 0.25) is 0 Å². The maximum absolute atomic E-state index is 13.3. The van der Waals surface area contributed by atoms with Crippen LogP contribution in [0, 0.1) is 24.1 Å². The molecule has 0 saturated carbocycles. The number of halogens is 1. The second-order valence-corrected chi connectivity index (χ2v) is 4.35. The molecule has 19 heavy (non-hydrogen) atoms. The first-order valence-corrected chi connectivity index (χ1v) is 5.88. The SMILES string of the molecule is Cc1cc(Nc2ccc(CC#N)cc2)c(N)cc1F. The van der Waals surface area contributed by atoms with Crippen molar-refractivity contribution in [3.63, 3.8) is 0 Å². The minimum absolute atomic E-state index is 0.313. The molecule has 0 fully saturated rings. The molecular formula is C15H14FN3. The molecule has 0 amide bonds. The molecule has 0 bridgehead atoms. The van der Waals surface area contributed by atoms with E-state index in [0.717, 1.165) is 11.3 Å². The van der Waals surface area contributed by atoms with Crippen molar-refractivity contribution in [3.05, 3.63) is 53.3 Å². The molecule has 0 spiro atoms. The van der Waals surface area contributed by atoms with Crippen LogP contribution in [0.1, 0.15) is 11.1 Å². The van der Waals surface area contributed by atoms with E-state index in [1.54, 1.807) is 13.0 Å². The molecule has 0 aliphatic heterocycles. The lowest BCUT2D eigenvalue weighted by molar-refractivity contribution is 0.619. The molecule has 2 aromatic carbocycles. The smallest absolute Gasteiger partial charge is 0.128 e. The van der Waals surface area contributed by atoms with E-state index in [1.165, 1.54) is 6.07 Å². The number of rotatable bonds is 3. The number of nitrogens with two attached hydrogens (primary N) is 1. The zero-order valence-electron chi connectivity index (χ0n) is 10.6. The van der Waals surface area contributed by atoms with Gasteiger partial charge in [-0.3, -0.25) is 0 Å². The van der Waals surface area contributed by atoms with Crippen LogP contribution in [0.2, 0.25) is 0 Å². The third kappa shape index (κ3) is 3.02. The van der Waals surface area contributed by atoms with Gasteiger partial charge in [-0.2, -0.15) is 5.26 Å². The molecule has 3 N–H and O–H groups in total. The van der Waals surface area contributed by atoms with Crippen molar-refractivity contribution in [2.24, 2.45) is 0 Å². The van der Waals surface area contributed by atoms with E-state index in [1.807, 2.05) is 24.3 Å². The van der Waals surface area contributed by atoms with Gasteiger partial charge in [-0.1, -0.05) is 12.1 Å². The number of hydrogen-bond acceptors (Lipinski definition) is 3. The van der Waals surface area contributed by atoms with Gasteiger partial charge in [-0.15, -0.1) is 0 Å². The number of nitrogens with one attached hydrogen (secondary N) is 1. The first kappa shape index (κ1) is 12.9. The van der Waals surface area contributed by atoms with Crippen molar-refractivity contribution < 1.29 is 4.39 Å². The Kier molecular flexibility index (Phi) is 3.67. The van der Waals surface area contributed by atoms with Crippen molar-refractivity contribution >= 4 is 17.1 Å². The monoisotopic (exact) mass is 255 g/mol. The van der Waals surface area contributed by atoms with E-state index >= 15 is 0 Å². The normalized spacial score (nSPS) is 9.95. The molecule has 0 atom stereocenters. The summed E-state index contributed by atoms with van der Waals surface area (Å²) in [6, 6.07) is 12.6. The molecule has 2 rings (SSSR count). The maximum Gasteiger partial charge on any atom is 0.128 e. The molecule has 0 heterocycles. The van der Waals surface area contributed by atoms with E-state index in [-0.39, 0.29) is 5.82 Å². The summed E-state index contributed by atoms with van der Waals surface area (Å²) >= 11 is 0. The minimum Gasteiger partial charge on any atom is -0.397 e. The molecule has 96 valence electrons. The van der Waals surface area contributed by atoms with E-state index < -0.39 is 0 Å². The number of nitrogen functional groups attached to an aromatic ring is 1. The summed E-state index contributed by atoms with van der Waals surface area (Å²) in [4.78, 5) is 0. The minimum atomic E-state index is -0.313. The highest BCUT2D eigenvalue weighted by molar-refractivity contribution is 5.73. The van der Waals surface area contributed by atoms with Crippen LogP contribution in [0.3, 0.4) is 0 Å². The highest BCUT2D eigenvalue weighted by atomic mass is 19.1. The maximum atomic E-state index is 13.3. The Bertz CT molecular complexity index is 627. The van der Waals surface area contributed by atoms with Gasteiger partial charge in [0.1, 0.15) is 5.82 Å². The Hall–Kier alpha value is -2.54. The van der Waals surface area contributed by atoms with Crippen LogP contribution in [-0.4, -0.2) is 0 Å². The molecule has 0 aliphatic carbocycles. The molecule has 0 aromatic heterocycles. The second-order valence-electron chi connectivity index (χ2n) is 4.35. The van der Waals surface area contributed by atoms with Crippen molar-refractivity contribution in [3.8, 4) is 6.07 Å². The van der Waals surface area contributed by atoms with Crippen LogP contribution in [0.5, 0.6) is 0 Å². The van der Waals surface area contributed by atoms with Gasteiger partial charge in [0, 0.05) is 5.69 Å². The Morgan fingerprint density at radius 3 is 2.58 bits per heavy atom. The Balaban J connectivity index is 2.22. The lowest BCUT2D eigenvalue weighted by atomic mass is 10.1. The predicted octanol–water partition coefficient (Wildman–Crippen LogP) is 3.53. The van der Waals surface area contributed by atoms with Crippen LogP contribution in [0.4, 0.5) is 21.5 Å². The lowest BCUT2D eigenvalue weighted by Crippen LogP contribution is -1.98. The fourth-order valence-corrected chi connectivity index (χ4v) is 1.76. The van der Waals surface area contributed by atoms with Crippen molar-refractivity contribution in [1.82, 2.24) is 0 Å². The van der Waals surface area contributed by atoms with Crippen LogP contribution in [0.15, 0.2) is 36.4 Å². The number of nitriles is 1. The first-order valence-electron chi connectivity index (χ1n) is 5.88. The van der Waals surface area contributed by atoms with Crippen molar-refractivity contribution in [1.29, 1.82) is 5.26 Å². The Labute approximate surface area is 111 Å². The zero-order valence-corrected chi connectivity index (χ0v) is 10.6. The summed E-state index contributed by atoms with van der Waals surface area (Å²) in [5, 5.41) is 11.7. The van der Waals surface area contributed by atoms with E-state index in [2.05, 4.69) is 11.4 Å². The Morgan fingerprint density at radius 2 is 1.95 bits per heavy atom. The highest BCUT2D eigenvalue weighted by Gasteiger charge is 2.05. The second kappa shape index (κ2) is 5.40. The average molecular weight is 255 g/mol. The molecule has 0 radical (unpaired) electrons. The van der Waals surface area contributed by atoms with Gasteiger partial charge in [0.05, 0.1) is 23.9 Å². The fourth-order valence-electron chi connectivity index (χ4n) is 1.76. The van der Waals surface area contributed by atoms with Crippen molar-refractivity contribution in [2.45, 2.75) is 13.3 Å². The van der Waals surface area contributed by atoms with Gasteiger partial charge in [0.15, 0.2) is 0 Å². The van der Waals surface area contributed by atoms with Crippen molar-refractivity contribution in [2.75, 3.05) is 11.1 Å². The van der Waals surface area contributed by atoms with Crippen LogP contribution in [-0.2, 0) is 6.42 Å². The van der Waals surface area contributed by atoms with Gasteiger partial charge in [0.25, 0.3) is 0 Å². The standard InChI is InChI=1S/C15H14FN3/c1-10-8-15(14(18)9-13(10)16)19-12-4-2-11(3-5-12)6-7-17/h2-5,8-9,19H,6,18H2,1H3. The number of hydrogen-bond donors (Lipinski definition) is 2. The Morgan fingerprint density at radius 1 is 1.26 bits per heavy atom.